The Morgan fingerprint density at radius 1 is 1.25 bits per heavy atom. The summed E-state index contributed by atoms with van der Waals surface area (Å²) in [6, 6.07) is 4.91. The van der Waals surface area contributed by atoms with Gasteiger partial charge in [0.25, 0.3) is 5.91 Å². The fourth-order valence-corrected chi connectivity index (χ4v) is 3.39. The summed E-state index contributed by atoms with van der Waals surface area (Å²) in [5, 5.41) is 2.21. The highest BCUT2D eigenvalue weighted by molar-refractivity contribution is 6.29. The van der Waals surface area contributed by atoms with Gasteiger partial charge in [-0.25, -0.2) is 9.97 Å². The third-order valence-electron chi connectivity index (χ3n) is 4.69. The quantitative estimate of drug-likeness (QED) is 0.419. The number of alkyl halides is 3. The van der Waals surface area contributed by atoms with Gasteiger partial charge < -0.3 is 15.0 Å². The predicted molar refractivity (Wildman–Crippen MR) is 106 cm³/mol. The summed E-state index contributed by atoms with van der Waals surface area (Å²) in [4.78, 5) is 32.4. The maximum Gasteiger partial charge on any atom is 0.416 e. The van der Waals surface area contributed by atoms with Crippen LogP contribution in [0.1, 0.15) is 22.2 Å². The molecule has 3 rings (SSSR count). The Kier molecular flexibility index (Phi) is 6.79. The average Bonchev–Trinajstić information content (AvgIpc) is 2.76. The van der Waals surface area contributed by atoms with Gasteiger partial charge in [-0.05, 0) is 29.8 Å². The van der Waals surface area contributed by atoms with E-state index in [1.807, 2.05) is 0 Å². The highest BCUT2D eigenvalue weighted by atomic mass is 35.5. The van der Waals surface area contributed by atoms with E-state index in [-0.39, 0.29) is 34.2 Å². The first-order valence-electron chi connectivity index (χ1n) is 9.23. The van der Waals surface area contributed by atoms with Gasteiger partial charge in [0.2, 0.25) is 11.9 Å². The van der Waals surface area contributed by atoms with Crippen molar-refractivity contribution in [3.05, 3.63) is 59.3 Å². The van der Waals surface area contributed by atoms with Crippen molar-refractivity contribution >= 4 is 23.4 Å². The van der Waals surface area contributed by atoms with Crippen molar-refractivity contribution in [3.63, 3.8) is 0 Å². The molecule has 1 aliphatic rings. The third-order valence-corrected chi connectivity index (χ3v) is 4.88. The van der Waals surface area contributed by atoms with E-state index in [0.717, 1.165) is 17.0 Å². The zero-order valence-corrected chi connectivity index (χ0v) is 17.4. The molecule has 0 spiro atoms. The number of amides is 2. The van der Waals surface area contributed by atoms with E-state index in [4.69, 9.17) is 16.3 Å². The third kappa shape index (κ3) is 5.22. The van der Waals surface area contributed by atoms with Crippen LogP contribution in [0.4, 0.5) is 17.6 Å². The van der Waals surface area contributed by atoms with Gasteiger partial charge in [0.1, 0.15) is 17.0 Å². The van der Waals surface area contributed by atoms with E-state index in [0.29, 0.717) is 0 Å². The summed E-state index contributed by atoms with van der Waals surface area (Å²) in [5.74, 6) is -2.28. The van der Waals surface area contributed by atoms with E-state index in [9.17, 15) is 27.2 Å². The fourth-order valence-electron chi connectivity index (χ4n) is 3.17. The molecule has 12 heteroatoms. The Hall–Kier alpha value is -3.05. The van der Waals surface area contributed by atoms with Crippen LogP contribution in [-0.2, 0) is 9.53 Å². The lowest BCUT2D eigenvalue weighted by Crippen LogP contribution is -2.51. The second-order valence-corrected chi connectivity index (χ2v) is 7.24. The number of rotatable bonds is 4. The van der Waals surface area contributed by atoms with Gasteiger partial charge in [0.05, 0.1) is 18.8 Å². The Balaban J connectivity index is 2.02. The van der Waals surface area contributed by atoms with E-state index in [2.05, 4.69) is 21.9 Å². The van der Waals surface area contributed by atoms with Crippen molar-refractivity contribution in [2.24, 2.45) is 0 Å². The van der Waals surface area contributed by atoms with Gasteiger partial charge in [0, 0.05) is 18.7 Å². The molecule has 170 valence electrons. The van der Waals surface area contributed by atoms with E-state index >= 15 is 0 Å². The number of hydrogen-bond acceptors (Lipinski definition) is 5. The summed E-state index contributed by atoms with van der Waals surface area (Å²) in [5.41, 5.74) is 0.175. The van der Waals surface area contributed by atoms with Crippen molar-refractivity contribution < 1.29 is 31.9 Å². The fraction of sp³-hybridized carbons (Fsp3) is 0.300. The predicted octanol–water partition coefficient (Wildman–Crippen LogP) is 3.31. The number of aromatic nitrogens is 2. The van der Waals surface area contributed by atoms with E-state index in [1.54, 1.807) is 0 Å². The minimum absolute atomic E-state index is 0.0817. The maximum atomic E-state index is 14.0. The Labute approximate surface area is 185 Å². The average molecular weight is 473 g/mol. The van der Waals surface area contributed by atoms with Crippen molar-refractivity contribution in [3.8, 4) is 11.3 Å². The molecule has 2 atom stereocenters. The molecule has 7 nitrogen and oxygen atoms in total. The van der Waals surface area contributed by atoms with Gasteiger partial charge in [-0.3, -0.25) is 9.59 Å². The molecule has 1 saturated heterocycles. The van der Waals surface area contributed by atoms with Gasteiger partial charge in [0.15, 0.2) is 6.10 Å². The zero-order chi connectivity index (χ0) is 23.6. The molecule has 2 amide bonds. The largest absolute Gasteiger partial charge is 0.416 e. The maximum absolute atomic E-state index is 14.0. The van der Waals surface area contributed by atoms with Crippen LogP contribution in [0.25, 0.3) is 11.3 Å². The summed E-state index contributed by atoms with van der Waals surface area (Å²) in [6.07, 6.45) is -7.21. The Morgan fingerprint density at radius 3 is 2.59 bits per heavy atom. The first kappa shape index (κ1) is 23.6. The van der Waals surface area contributed by atoms with Crippen LogP contribution in [-0.4, -0.2) is 59.1 Å². The van der Waals surface area contributed by atoms with Crippen molar-refractivity contribution in [1.29, 1.82) is 0 Å². The van der Waals surface area contributed by atoms with Crippen LogP contribution >= 0.6 is 11.6 Å². The number of carbonyl (C=O) groups excluding carboxylic acids is 2. The van der Waals surface area contributed by atoms with Crippen molar-refractivity contribution in [2.75, 3.05) is 20.1 Å². The molecule has 1 N–H and O–H groups in total. The SMILES string of the molecule is C=CC(=O)N1C[C@H](c2cc(Cl)nc(-c3cc(F)nc(C(=O)NC)c3)c2)O[C@@H](C(F)(F)F)C1. The van der Waals surface area contributed by atoms with Crippen LogP contribution in [0.3, 0.4) is 0 Å². The molecule has 0 aromatic carbocycles. The molecule has 0 saturated carbocycles. The molecule has 32 heavy (non-hydrogen) atoms. The molecule has 2 aromatic heterocycles. The number of pyridine rings is 2. The van der Waals surface area contributed by atoms with Crippen LogP contribution < -0.4 is 5.32 Å². The molecule has 0 radical (unpaired) electrons. The molecule has 0 bridgehead atoms. The lowest BCUT2D eigenvalue weighted by atomic mass is 10.0. The number of nitrogens with zero attached hydrogens (tertiary/aromatic N) is 3. The normalized spacial score (nSPS) is 18.9. The summed E-state index contributed by atoms with van der Waals surface area (Å²) in [7, 11) is 1.35. The smallest absolute Gasteiger partial charge is 0.357 e. The summed E-state index contributed by atoms with van der Waals surface area (Å²) < 4.78 is 59.3. The number of halogens is 5. The number of morpholine rings is 1. The van der Waals surface area contributed by atoms with Gasteiger partial charge >= 0.3 is 6.18 Å². The number of ether oxygens (including phenoxy) is 1. The molecule has 3 heterocycles. The number of carbonyl (C=O) groups is 2. The molecular formula is C20H17ClF4N4O3. The Morgan fingerprint density at radius 2 is 1.97 bits per heavy atom. The molecule has 0 aliphatic carbocycles. The van der Waals surface area contributed by atoms with E-state index < -0.39 is 42.7 Å². The van der Waals surface area contributed by atoms with Crippen LogP contribution in [0.2, 0.25) is 5.15 Å². The Bertz CT molecular complexity index is 1060. The molecular weight excluding hydrogens is 456 g/mol. The van der Waals surface area contributed by atoms with Crippen LogP contribution in [0, 0.1) is 5.95 Å². The van der Waals surface area contributed by atoms with Gasteiger partial charge in [-0.15, -0.1) is 0 Å². The molecule has 1 aliphatic heterocycles. The van der Waals surface area contributed by atoms with E-state index in [1.165, 1.54) is 25.2 Å². The standard InChI is InChI=1S/C20H17ClF4N4O3/c1-3-18(30)29-8-14(32-15(9-29)20(23,24)25)11-5-12(27-16(21)6-11)10-4-13(19(31)26-2)28-17(22)7-10/h3-7,14-15H,1,8-9H2,2H3,(H,26,31)/t14-,15-/m1/s1. The second-order valence-electron chi connectivity index (χ2n) is 6.85. The lowest BCUT2D eigenvalue weighted by molar-refractivity contribution is -0.253. The van der Waals surface area contributed by atoms with Crippen molar-refractivity contribution in [2.45, 2.75) is 18.4 Å². The second kappa shape index (κ2) is 9.21. The van der Waals surface area contributed by atoms with Crippen LogP contribution in [0.5, 0.6) is 0 Å². The first-order valence-corrected chi connectivity index (χ1v) is 9.60. The van der Waals surface area contributed by atoms with Crippen molar-refractivity contribution in [1.82, 2.24) is 20.2 Å². The summed E-state index contributed by atoms with van der Waals surface area (Å²) in [6.45, 7) is 2.44. The van der Waals surface area contributed by atoms with Gasteiger partial charge in [-0.1, -0.05) is 18.2 Å². The highest BCUT2D eigenvalue weighted by Gasteiger charge is 2.47. The minimum atomic E-state index is -4.71. The molecule has 0 unspecified atom stereocenters. The van der Waals surface area contributed by atoms with Gasteiger partial charge in [-0.2, -0.15) is 17.6 Å². The number of nitrogens with one attached hydrogen (secondary N) is 1. The minimum Gasteiger partial charge on any atom is -0.357 e. The number of hydrogen-bond donors (Lipinski definition) is 1. The highest BCUT2D eigenvalue weighted by Crippen LogP contribution is 2.35. The van der Waals surface area contributed by atoms with Crippen LogP contribution in [0.15, 0.2) is 36.9 Å². The summed E-state index contributed by atoms with van der Waals surface area (Å²) >= 11 is 6.07. The monoisotopic (exact) mass is 472 g/mol. The zero-order valence-electron chi connectivity index (χ0n) is 16.6. The molecule has 2 aromatic rings. The topological polar surface area (TPSA) is 84.4 Å². The first-order chi connectivity index (χ1) is 15.0. The molecule has 1 fully saturated rings. The lowest BCUT2D eigenvalue weighted by Gasteiger charge is -2.38.